The van der Waals surface area contributed by atoms with Crippen molar-refractivity contribution in [2.45, 2.75) is 0 Å². The Morgan fingerprint density at radius 2 is 2.25 bits per heavy atom. The van der Waals surface area contributed by atoms with Gasteiger partial charge < -0.3 is 0 Å². The summed E-state index contributed by atoms with van der Waals surface area (Å²) in [5.41, 5.74) is 1.68. The second-order valence-corrected chi connectivity index (χ2v) is 3.21. The minimum absolute atomic E-state index is 0.211. The highest BCUT2D eigenvalue weighted by molar-refractivity contribution is 6.89. The highest BCUT2D eigenvalue weighted by atomic mass is 35.5. The van der Waals surface area contributed by atoms with Crippen molar-refractivity contribution >= 4 is 32.3 Å². The Hall–Kier alpha value is -1.00. The van der Waals surface area contributed by atoms with Crippen LogP contribution in [0.25, 0.3) is 0 Å². The number of halogens is 1. The lowest BCUT2D eigenvalue weighted by Gasteiger charge is -1.97. The van der Waals surface area contributed by atoms with Gasteiger partial charge in [-0.05, 0) is 12.1 Å². The minimum atomic E-state index is 0.211. The molecule has 0 fully saturated rings. The highest BCUT2D eigenvalue weighted by Crippen LogP contribution is 2.07. The summed E-state index contributed by atoms with van der Waals surface area (Å²) in [6.07, 6.45) is 3.44. The molecule has 0 atom stereocenters. The summed E-state index contributed by atoms with van der Waals surface area (Å²) in [5.74, 6) is 0. The first-order valence-electron chi connectivity index (χ1n) is 3.34. The Morgan fingerprint density at radius 1 is 1.33 bits per heavy atom. The van der Waals surface area contributed by atoms with E-state index < -0.39 is 0 Å². The van der Waals surface area contributed by atoms with Gasteiger partial charge in [0.2, 0.25) is 0 Å². The molecule has 58 valence electrons. The molecule has 2 rings (SSSR count). The van der Waals surface area contributed by atoms with Crippen molar-refractivity contribution in [3.05, 3.63) is 30.1 Å². The lowest BCUT2D eigenvalue weighted by Crippen LogP contribution is -2.05. The summed E-state index contributed by atoms with van der Waals surface area (Å²) in [6, 6.07) is 3.77. The van der Waals surface area contributed by atoms with E-state index in [9.17, 15) is 0 Å². The number of pyridine rings is 1. The van der Waals surface area contributed by atoms with Crippen LogP contribution in [-0.4, -0.2) is 25.7 Å². The second-order valence-electron chi connectivity index (χ2n) is 2.20. The zero-order chi connectivity index (χ0) is 8.39. The molecule has 0 aliphatic carbocycles. The molecule has 2 heterocycles. The topological polar surface area (TPSA) is 37.6 Å². The maximum atomic E-state index is 5.81. The molecule has 0 spiro atoms. The number of hydrogen-bond donors (Lipinski definition) is 0. The molecule has 0 unspecified atom stereocenters. The van der Waals surface area contributed by atoms with Crippen LogP contribution in [0.15, 0.2) is 33.8 Å². The first kappa shape index (κ1) is 7.64. The van der Waals surface area contributed by atoms with Gasteiger partial charge in [-0.1, -0.05) is 11.6 Å². The molecule has 1 aliphatic heterocycles. The number of nitrogens with zero attached hydrogens (tertiary/aromatic N) is 3. The summed E-state index contributed by atoms with van der Waals surface area (Å²) in [4.78, 5) is 3.97. The fraction of sp³-hybridized carbons (Fsp3) is 0. The molecule has 12 heavy (non-hydrogen) atoms. The SMILES string of the molecule is ClC1=N[Si]N=C1c1cccnc1. The van der Waals surface area contributed by atoms with Crippen LogP contribution in [0.2, 0.25) is 0 Å². The molecule has 0 saturated heterocycles. The van der Waals surface area contributed by atoms with Crippen LogP contribution < -0.4 is 0 Å². The average molecular weight is 194 g/mol. The summed E-state index contributed by atoms with van der Waals surface area (Å²) >= 11 is 5.81. The Labute approximate surface area is 77.2 Å². The monoisotopic (exact) mass is 193 g/mol. The highest BCUT2D eigenvalue weighted by Gasteiger charge is 2.13. The lowest BCUT2D eigenvalue weighted by atomic mass is 10.2. The summed E-state index contributed by atoms with van der Waals surface area (Å²) in [5, 5.41) is 0.487. The molecule has 0 saturated carbocycles. The fourth-order valence-corrected chi connectivity index (χ4v) is 1.82. The molecule has 5 heteroatoms. The van der Waals surface area contributed by atoms with Crippen molar-refractivity contribution in [2.24, 2.45) is 9.32 Å². The van der Waals surface area contributed by atoms with Crippen LogP contribution in [0, 0.1) is 0 Å². The van der Waals surface area contributed by atoms with Gasteiger partial charge in [-0.25, -0.2) is 0 Å². The van der Waals surface area contributed by atoms with Crippen molar-refractivity contribution in [1.29, 1.82) is 0 Å². The summed E-state index contributed by atoms with van der Waals surface area (Å²) in [6.45, 7) is 0. The van der Waals surface area contributed by atoms with E-state index in [2.05, 4.69) is 14.3 Å². The van der Waals surface area contributed by atoms with Crippen LogP contribution >= 0.6 is 11.6 Å². The lowest BCUT2D eigenvalue weighted by molar-refractivity contribution is 1.32. The largest absolute Gasteiger partial charge is 0.375 e. The maximum absolute atomic E-state index is 5.81. The van der Waals surface area contributed by atoms with Gasteiger partial charge in [0.15, 0.2) is 0 Å². The van der Waals surface area contributed by atoms with Gasteiger partial charge in [0.05, 0.1) is 5.71 Å². The summed E-state index contributed by atoms with van der Waals surface area (Å²) < 4.78 is 8.13. The molecule has 1 aromatic rings. The van der Waals surface area contributed by atoms with E-state index in [1.165, 1.54) is 0 Å². The Balaban J connectivity index is 2.39. The molecule has 0 bridgehead atoms. The fourth-order valence-electron chi connectivity index (χ4n) is 0.904. The predicted molar refractivity (Wildman–Crippen MR) is 49.8 cm³/mol. The maximum Gasteiger partial charge on any atom is 0.375 e. The minimum Gasteiger partial charge on any atom is -0.290 e. The van der Waals surface area contributed by atoms with E-state index in [0.29, 0.717) is 5.17 Å². The third-order valence-electron chi connectivity index (χ3n) is 1.44. The molecule has 1 aliphatic rings. The number of hydrogen-bond acceptors (Lipinski definition) is 3. The van der Waals surface area contributed by atoms with E-state index in [0.717, 1.165) is 11.3 Å². The Bertz CT molecular complexity index is 347. The molecular weight excluding hydrogens is 190 g/mol. The third-order valence-corrected chi connectivity index (χ3v) is 2.49. The van der Waals surface area contributed by atoms with Crippen molar-refractivity contribution in [2.75, 3.05) is 0 Å². The van der Waals surface area contributed by atoms with Gasteiger partial charge in [-0.15, -0.1) is 0 Å². The van der Waals surface area contributed by atoms with Crippen LogP contribution in [-0.2, 0) is 0 Å². The molecule has 1 aromatic heterocycles. The quantitative estimate of drug-likeness (QED) is 0.615. The smallest absolute Gasteiger partial charge is 0.290 e. The van der Waals surface area contributed by atoms with Crippen molar-refractivity contribution < 1.29 is 0 Å². The van der Waals surface area contributed by atoms with Crippen molar-refractivity contribution in [1.82, 2.24) is 4.98 Å². The van der Waals surface area contributed by atoms with Crippen LogP contribution in [0.1, 0.15) is 5.56 Å². The molecule has 0 N–H and O–H groups in total. The van der Waals surface area contributed by atoms with Gasteiger partial charge >= 0.3 is 9.84 Å². The van der Waals surface area contributed by atoms with Crippen molar-refractivity contribution in [3.8, 4) is 0 Å². The van der Waals surface area contributed by atoms with Crippen LogP contribution in [0.3, 0.4) is 0 Å². The number of rotatable bonds is 1. The van der Waals surface area contributed by atoms with E-state index in [1.807, 2.05) is 12.1 Å². The molecule has 0 aromatic carbocycles. The van der Waals surface area contributed by atoms with Crippen molar-refractivity contribution in [3.63, 3.8) is 0 Å². The standard InChI is InChI=1S/C7H4ClN3Si/c8-7-6(10-12-11-7)5-2-1-3-9-4-5/h1-4H. The first-order valence-corrected chi connectivity index (χ1v) is 4.62. The first-order chi connectivity index (χ1) is 5.88. The van der Waals surface area contributed by atoms with Gasteiger partial charge in [0.1, 0.15) is 5.17 Å². The normalized spacial score (nSPS) is 15.8. The zero-order valence-electron chi connectivity index (χ0n) is 6.03. The van der Waals surface area contributed by atoms with Gasteiger partial charge in [0.25, 0.3) is 0 Å². The second kappa shape index (κ2) is 3.16. The van der Waals surface area contributed by atoms with Gasteiger partial charge in [0, 0.05) is 18.0 Å². The molecule has 3 nitrogen and oxygen atoms in total. The van der Waals surface area contributed by atoms with Gasteiger partial charge in [-0.3, -0.25) is 14.3 Å². The molecule has 2 radical (unpaired) electrons. The predicted octanol–water partition coefficient (Wildman–Crippen LogP) is 1.06. The zero-order valence-corrected chi connectivity index (χ0v) is 7.78. The number of aromatic nitrogens is 1. The van der Waals surface area contributed by atoms with E-state index in [-0.39, 0.29) is 9.84 Å². The Morgan fingerprint density at radius 3 is 2.83 bits per heavy atom. The van der Waals surface area contributed by atoms with Crippen LogP contribution in [0.4, 0.5) is 0 Å². The van der Waals surface area contributed by atoms with E-state index >= 15 is 0 Å². The van der Waals surface area contributed by atoms with E-state index in [1.54, 1.807) is 12.4 Å². The van der Waals surface area contributed by atoms with Crippen LogP contribution in [0.5, 0.6) is 0 Å². The third kappa shape index (κ3) is 1.31. The summed E-state index contributed by atoms with van der Waals surface area (Å²) in [7, 11) is 0.211. The molecular formula is C7H4ClN3Si. The Kier molecular flexibility index (Phi) is 2.01. The van der Waals surface area contributed by atoms with E-state index in [4.69, 9.17) is 11.6 Å². The van der Waals surface area contributed by atoms with Gasteiger partial charge in [-0.2, -0.15) is 0 Å². The average Bonchev–Trinajstić information content (AvgIpc) is 2.53. The molecule has 0 amide bonds.